The van der Waals surface area contributed by atoms with Crippen molar-refractivity contribution in [3.8, 4) is 0 Å². The fraction of sp³-hybridized carbons (Fsp3) is 0.400. The van der Waals surface area contributed by atoms with Gasteiger partial charge in [-0.05, 0) is 43.2 Å². The number of anilines is 1. The lowest BCUT2D eigenvalue weighted by Crippen LogP contribution is -2.27. The highest BCUT2D eigenvalue weighted by atomic mass is 16.2. The van der Waals surface area contributed by atoms with Crippen LogP contribution in [0.1, 0.15) is 43.2 Å². The third-order valence-electron chi connectivity index (χ3n) is 3.99. The van der Waals surface area contributed by atoms with E-state index in [0.29, 0.717) is 13.1 Å². The number of carbonyl (C=O) groups is 1. The molecule has 0 radical (unpaired) electrons. The van der Waals surface area contributed by atoms with Gasteiger partial charge in [-0.2, -0.15) is 0 Å². The summed E-state index contributed by atoms with van der Waals surface area (Å²) in [5.74, 6) is -0.0144. The number of hydrogen-bond donors (Lipinski definition) is 3. The monoisotopic (exact) mass is 341 g/mol. The van der Waals surface area contributed by atoms with Crippen molar-refractivity contribution in [1.82, 2.24) is 10.3 Å². The van der Waals surface area contributed by atoms with Gasteiger partial charge in [-0.3, -0.25) is 9.59 Å². The highest BCUT2D eigenvalue weighted by Gasteiger charge is 2.21. The van der Waals surface area contributed by atoms with Crippen molar-refractivity contribution >= 4 is 11.6 Å². The van der Waals surface area contributed by atoms with Crippen LogP contribution >= 0.6 is 0 Å². The van der Waals surface area contributed by atoms with Crippen LogP contribution in [0.2, 0.25) is 0 Å². The fourth-order valence-corrected chi connectivity index (χ4v) is 2.51. The average Bonchev–Trinajstić information content (AvgIpc) is 2.49. The molecule has 0 spiro atoms. The summed E-state index contributed by atoms with van der Waals surface area (Å²) in [6, 6.07) is 9.71. The fourth-order valence-electron chi connectivity index (χ4n) is 2.51. The Bertz CT molecular complexity index is 816. The number of H-pyrrole nitrogens is 1. The van der Waals surface area contributed by atoms with Crippen molar-refractivity contribution in [3.63, 3.8) is 0 Å². The van der Waals surface area contributed by atoms with E-state index in [1.54, 1.807) is 0 Å². The molecule has 0 bridgehead atoms. The van der Waals surface area contributed by atoms with Crippen LogP contribution in [-0.2, 0) is 17.9 Å². The number of benzene rings is 1. The van der Waals surface area contributed by atoms with E-state index in [2.05, 4.69) is 15.6 Å². The molecular formula is C20H27N3O2. The van der Waals surface area contributed by atoms with Crippen LogP contribution < -0.4 is 16.2 Å². The highest BCUT2D eigenvalue weighted by molar-refractivity contribution is 5.94. The van der Waals surface area contributed by atoms with E-state index in [9.17, 15) is 9.59 Å². The molecule has 0 saturated carbocycles. The van der Waals surface area contributed by atoms with E-state index in [4.69, 9.17) is 0 Å². The van der Waals surface area contributed by atoms with E-state index in [-0.39, 0.29) is 11.5 Å². The molecule has 0 fully saturated rings. The van der Waals surface area contributed by atoms with Gasteiger partial charge in [0.25, 0.3) is 5.56 Å². The van der Waals surface area contributed by atoms with Crippen molar-refractivity contribution in [3.05, 3.63) is 63.1 Å². The van der Waals surface area contributed by atoms with E-state index < -0.39 is 5.41 Å². The molecule has 134 valence electrons. The molecule has 5 nitrogen and oxygen atoms in total. The minimum atomic E-state index is -0.432. The third-order valence-corrected chi connectivity index (χ3v) is 3.99. The largest absolute Gasteiger partial charge is 0.326 e. The Balaban J connectivity index is 1.99. The predicted molar refractivity (Wildman–Crippen MR) is 102 cm³/mol. The minimum Gasteiger partial charge on any atom is -0.326 e. The normalized spacial score (nSPS) is 11.4. The molecule has 0 unspecified atom stereocenters. The van der Waals surface area contributed by atoms with Crippen molar-refractivity contribution in [2.24, 2.45) is 5.41 Å². The number of nitrogens with one attached hydrogen (secondary N) is 3. The van der Waals surface area contributed by atoms with Gasteiger partial charge in [0.05, 0.1) is 0 Å². The zero-order chi connectivity index (χ0) is 18.6. The number of hydrogen-bond acceptors (Lipinski definition) is 3. The summed E-state index contributed by atoms with van der Waals surface area (Å²) in [5.41, 5.74) is 3.96. The number of carbonyl (C=O) groups excluding carboxylic acids is 1. The zero-order valence-corrected chi connectivity index (χ0v) is 15.6. The van der Waals surface area contributed by atoms with Crippen LogP contribution in [0.4, 0.5) is 5.69 Å². The number of aryl methyl sites for hydroxylation is 2. The number of amides is 1. The van der Waals surface area contributed by atoms with Crippen LogP contribution in [0.25, 0.3) is 0 Å². The first-order valence-electron chi connectivity index (χ1n) is 8.47. The molecule has 0 aliphatic carbocycles. The molecule has 0 aliphatic heterocycles. The molecule has 1 aromatic carbocycles. The van der Waals surface area contributed by atoms with Gasteiger partial charge in [0.1, 0.15) is 0 Å². The van der Waals surface area contributed by atoms with Crippen LogP contribution in [-0.4, -0.2) is 10.9 Å². The van der Waals surface area contributed by atoms with Crippen molar-refractivity contribution in [1.29, 1.82) is 0 Å². The molecule has 2 rings (SSSR count). The summed E-state index contributed by atoms with van der Waals surface area (Å²) >= 11 is 0. The van der Waals surface area contributed by atoms with E-state index in [0.717, 1.165) is 28.1 Å². The van der Waals surface area contributed by atoms with E-state index in [1.807, 2.05) is 65.0 Å². The first-order valence-corrected chi connectivity index (χ1v) is 8.47. The Kier molecular flexibility index (Phi) is 5.80. The molecule has 0 aliphatic rings. The van der Waals surface area contributed by atoms with Crippen LogP contribution in [0.5, 0.6) is 0 Å². The summed E-state index contributed by atoms with van der Waals surface area (Å²) in [4.78, 5) is 26.9. The Hall–Kier alpha value is -2.40. The maximum atomic E-state index is 12.1. The van der Waals surface area contributed by atoms with Crippen molar-refractivity contribution in [2.45, 2.75) is 47.7 Å². The lowest BCUT2D eigenvalue weighted by molar-refractivity contribution is -0.123. The number of aromatic amines is 1. The van der Waals surface area contributed by atoms with Gasteiger partial charge in [0.2, 0.25) is 5.91 Å². The van der Waals surface area contributed by atoms with Gasteiger partial charge in [0, 0.05) is 35.4 Å². The van der Waals surface area contributed by atoms with Crippen molar-refractivity contribution in [2.75, 3.05) is 5.32 Å². The van der Waals surface area contributed by atoms with E-state index >= 15 is 0 Å². The van der Waals surface area contributed by atoms with Crippen LogP contribution in [0.15, 0.2) is 35.1 Å². The number of aromatic nitrogens is 1. The topological polar surface area (TPSA) is 74.0 Å². The first kappa shape index (κ1) is 18.9. The maximum Gasteiger partial charge on any atom is 0.252 e. The lowest BCUT2D eigenvalue weighted by Gasteiger charge is -2.18. The summed E-state index contributed by atoms with van der Waals surface area (Å²) in [6.45, 7) is 10.6. The Morgan fingerprint density at radius 2 is 1.84 bits per heavy atom. The standard InChI is InChI=1S/C20H27N3O2/c1-13-9-14(2)22-18(24)17(13)12-21-11-15-7-6-8-16(10-15)23-19(25)20(3,4)5/h6-10,21H,11-12H2,1-5H3,(H,22,24)(H,23,25). The number of pyridine rings is 1. The first-order chi connectivity index (χ1) is 11.7. The van der Waals surface area contributed by atoms with Gasteiger partial charge in [-0.15, -0.1) is 0 Å². The van der Waals surface area contributed by atoms with Gasteiger partial charge < -0.3 is 15.6 Å². The van der Waals surface area contributed by atoms with Gasteiger partial charge in [-0.1, -0.05) is 32.9 Å². The molecular weight excluding hydrogens is 314 g/mol. The Labute approximate surface area is 148 Å². The summed E-state index contributed by atoms with van der Waals surface area (Å²) in [6.07, 6.45) is 0. The Morgan fingerprint density at radius 1 is 1.12 bits per heavy atom. The lowest BCUT2D eigenvalue weighted by atomic mass is 9.95. The molecule has 0 atom stereocenters. The molecule has 1 aromatic heterocycles. The third kappa shape index (κ3) is 5.29. The van der Waals surface area contributed by atoms with Crippen molar-refractivity contribution < 1.29 is 4.79 Å². The highest BCUT2D eigenvalue weighted by Crippen LogP contribution is 2.18. The second-order valence-corrected chi connectivity index (χ2v) is 7.45. The van der Waals surface area contributed by atoms with Gasteiger partial charge >= 0.3 is 0 Å². The van der Waals surface area contributed by atoms with Crippen LogP contribution in [0, 0.1) is 19.3 Å². The smallest absolute Gasteiger partial charge is 0.252 e. The second-order valence-electron chi connectivity index (χ2n) is 7.45. The summed E-state index contributed by atoms with van der Waals surface area (Å²) in [7, 11) is 0. The van der Waals surface area contributed by atoms with Crippen LogP contribution in [0.3, 0.4) is 0 Å². The molecule has 1 heterocycles. The molecule has 25 heavy (non-hydrogen) atoms. The molecule has 2 aromatic rings. The molecule has 1 amide bonds. The average molecular weight is 341 g/mol. The Morgan fingerprint density at radius 3 is 2.48 bits per heavy atom. The summed E-state index contributed by atoms with van der Waals surface area (Å²) < 4.78 is 0. The second kappa shape index (κ2) is 7.66. The molecule has 3 N–H and O–H groups in total. The minimum absolute atomic E-state index is 0.0144. The molecule has 0 saturated heterocycles. The maximum absolute atomic E-state index is 12.1. The quantitative estimate of drug-likeness (QED) is 0.781. The zero-order valence-electron chi connectivity index (χ0n) is 15.6. The van der Waals surface area contributed by atoms with E-state index in [1.165, 1.54) is 0 Å². The van der Waals surface area contributed by atoms with Gasteiger partial charge in [0.15, 0.2) is 0 Å². The van der Waals surface area contributed by atoms with Gasteiger partial charge in [-0.25, -0.2) is 0 Å². The molecule has 5 heteroatoms. The predicted octanol–water partition coefficient (Wildman–Crippen LogP) is 3.27. The number of rotatable bonds is 5. The summed E-state index contributed by atoms with van der Waals surface area (Å²) in [5, 5.41) is 6.23. The SMILES string of the molecule is Cc1cc(C)c(CNCc2cccc(NC(=O)C(C)(C)C)c2)c(=O)[nH]1.